The topological polar surface area (TPSA) is 18.5 Å². The molecule has 0 fully saturated rings. The predicted molar refractivity (Wildman–Crippen MR) is 55.5 cm³/mol. The van der Waals surface area contributed by atoms with E-state index in [9.17, 15) is 0 Å². The van der Waals surface area contributed by atoms with Crippen molar-refractivity contribution in [2.24, 2.45) is 0 Å². The van der Waals surface area contributed by atoms with Crippen molar-refractivity contribution in [1.82, 2.24) is 0 Å². The van der Waals surface area contributed by atoms with Gasteiger partial charge in [0, 0.05) is 7.11 Å². The molecule has 0 unspecified atom stereocenters. The lowest BCUT2D eigenvalue weighted by atomic mass is 10.4. The first kappa shape index (κ1) is 12.0. The number of allylic oxidation sites excluding steroid dienone is 3. The Morgan fingerprint density at radius 2 is 2.23 bits per heavy atom. The monoisotopic (exact) mass is 182 g/mol. The van der Waals surface area contributed by atoms with Crippen LogP contribution in [0.2, 0.25) is 0 Å². The number of rotatable bonds is 7. The predicted octanol–water partition coefficient (Wildman–Crippen LogP) is 2.69. The van der Waals surface area contributed by atoms with Crippen LogP contribution in [0.4, 0.5) is 0 Å². The van der Waals surface area contributed by atoms with Gasteiger partial charge < -0.3 is 9.47 Å². The van der Waals surface area contributed by atoms with Crippen molar-refractivity contribution in [3.63, 3.8) is 0 Å². The summed E-state index contributed by atoms with van der Waals surface area (Å²) in [5, 5.41) is 0. The summed E-state index contributed by atoms with van der Waals surface area (Å²) in [7, 11) is 1.66. The summed E-state index contributed by atoms with van der Waals surface area (Å²) in [4.78, 5) is 0. The van der Waals surface area contributed by atoms with Crippen molar-refractivity contribution in [2.45, 2.75) is 13.3 Å². The van der Waals surface area contributed by atoms with Crippen LogP contribution in [0.25, 0.3) is 0 Å². The van der Waals surface area contributed by atoms with E-state index in [0.29, 0.717) is 6.61 Å². The molecule has 2 nitrogen and oxygen atoms in total. The molecule has 0 rings (SSSR count). The van der Waals surface area contributed by atoms with E-state index in [1.807, 2.05) is 18.2 Å². The molecule has 0 atom stereocenters. The van der Waals surface area contributed by atoms with Gasteiger partial charge in [0.25, 0.3) is 0 Å². The second kappa shape index (κ2) is 9.07. The molecule has 0 aliphatic heterocycles. The van der Waals surface area contributed by atoms with Gasteiger partial charge in [0.05, 0.1) is 13.2 Å². The maximum absolute atomic E-state index is 5.43. The fourth-order valence-electron chi connectivity index (χ4n) is 0.748. The Hall–Kier alpha value is -1.02. The molecule has 0 heterocycles. The first-order valence-electron chi connectivity index (χ1n) is 4.46. The van der Waals surface area contributed by atoms with Crippen LogP contribution in [0.15, 0.2) is 36.6 Å². The molecule has 0 aliphatic rings. The minimum Gasteiger partial charge on any atom is -0.494 e. The van der Waals surface area contributed by atoms with Gasteiger partial charge in [-0.05, 0) is 18.6 Å². The summed E-state index contributed by atoms with van der Waals surface area (Å²) in [6.45, 7) is 7.02. The molecule has 0 saturated heterocycles. The molecule has 0 aromatic rings. The highest BCUT2D eigenvalue weighted by Gasteiger charge is 1.89. The van der Waals surface area contributed by atoms with Gasteiger partial charge in [-0.2, -0.15) is 0 Å². The molecular weight excluding hydrogens is 164 g/mol. The van der Waals surface area contributed by atoms with Gasteiger partial charge in [-0.25, -0.2) is 0 Å². The zero-order chi connectivity index (χ0) is 9.94. The van der Waals surface area contributed by atoms with Gasteiger partial charge in [-0.3, -0.25) is 0 Å². The summed E-state index contributed by atoms with van der Waals surface area (Å²) >= 11 is 0. The Bertz CT molecular complexity index is 181. The summed E-state index contributed by atoms with van der Waals surface area (Å²) in [6.07, 6.45) is 8.35. The van der Waals surface area contributed by atoms with E-state index >= 15 is 0 Å². The van der Waals surface area contributed by atoms with Crippen LogP contribution >= 0.6 is 0 Å². The minimum atomic E-state index is 0.601. The largest absolute Gasteiger partial charge is 0.494 e. The average Bonchev–Trinajstić information content (AvgIpc) is 2.14. The maximum atomic E-state index is 5.43. The van der Waals surface area contributed by atoms with Gasteiger partial charge in [0.15, 0.2) is 0 Å². The van der Waals surface area contributed by atoms with E-state index in [1.54, 1.807) is 13.2 Å². The molecule has 0 aromatic carbocycles. The molecule has 0 spiro atoms. The molecule has 0 N–H and O–H groups in total. The van der Waals surface area contributed by atoms with Crippen LogP contribution in [-0.4, -0.2) is 20.3 Å². The first-order chi connectivity index (χ1) is 6.35. The molecule has 2 heteroatoms. The number of hydrogen-bond donors (Lipinski definition) is 0. The van der Waals surface area contributed by atoms with Crippen LogP contribution in [-0.2, 0) is 9.47 Å². The Kier molecular flexibility index (Phi) is 8.36. The highest BCUT2D eigenvalue weighted by molar-refractivity contribution is 5.17. The third-order valence-corrected chi connectivity index (χ3v) is 1.30. The second-order valence-electron chi connectivity index (χ2n) is 2.51. The van der Waals surface area contributed by atoms with Gasteiger partial charge in [0.2, 0.25) is 0 Å². The summed E-state index contributed by atoms with van der Waals surface area (Å²) in [6, 6.07) is 0. The fraction of sp³-hybridized carbons (Fsp3) is 0.455. The van der Waals surface area contributed by atoms with Crippen molar-refractivity contribution in [2.75, 3.05) is 20.3 Å². The molecule has 0 bridgehead atoms. The fourth-order valence-corrected chi connectivity index (χ4v) is 0.748. The molecule has 0 amide bonds. The average molecular weight is 182 g/mol. The Morgan fingerprint density at radius 3 is 2.77 bits per heavy atom. The second-order valence-corrected chi connectivity index (χ2v) is 2.51. The lowest BCUT2D eigenvalue weighted by molar-refractivity contribution is 0.220. The summed E-state index contributed by atoms with van der Waals surface area (Å²) < 4.78 is 10.3. The Morgan fingerprint density at radius 1 is 1.46 bits per heavy atom. The third-order valence-electron chi connectivity index (χ3n) is 1.30. The smallest absolute Gasteiger partial charge is 0.119 e. The maximum Gasteiger partial charge on any atom is 0.119 e. The van der Waals surface area contributed by atoms with Gasteiger partial charge in [-0.15, -0.1) is 0 Å². The minimum absolute atomic E-state index is 0.601. The Balaban J connectivity index is 3.94. The van der Waals surface area contributed by atoms with Crippen molar-refractivity contribution in [3.05, 3.63) is 36.6 Å². The standard InChI is InChI=1S/C11H18O2/c1-4-7-11(13-9-5-2)8-6-10-12-3/h4,6-8H,1,5,9-10H2,2-3H3/b8-6-,11-7+. The lowest BCUT2D eigenvalue weighted by Crippen LogP contribution is -1.91. The molecule has 0 radical (unpaired) electrons. The molecule has 0 aromatic heterocycles. The molecule has 0 aliphatic carbocycles. The van der Waals surface area contributed by atoms with Gasteiger partial charge in [0.1, 0.15) is 5.76 Å². The van der Waals surface area contributed by atoms with Gasteiger partial charge >= 0.3 is 0 Å². The van der Waals surface area contributed by atoms with Crippen LogP contribution in [0, 0.1) is 0 Å². The SMILES string of the molecule is C=C/C=C(\C=C/COC)OCCC. The summed E-state index contributed by atoms with van der Waals surface area (Å²) in [5.41, 5.74) is 0. The van der Waals surface area contributed by atoms with Crippen LogP contribution in [0.1, 0.15) is 13.3 Å². The number of hydrogen-bond acceptors (Lipinski definition) is 2. The van der Waals surface area contributed by atoms with E-state index < -0.39 is 0 Å². The molecule has 74 valence electrons. The zero-order valence-corrected chi connectivity index (χ0v) is 8.45. The van der Waals surface area contributed by atoms with Crippen molar-refractivity contribution in [1.29, 1.82) is 0 Å². The van der Waals surface area contributed by atoms with Crippen LogP contribution in [0.3, 0.4) is 0 Å². The van der Waals surface area contributed by atoms with E-state index in [4.69, 9.17) is 9.47 Å². The van der Waals surface area contributed by atoms with E-state index in [2.05, 4.69) is 13.5 Å². The van der Waals surface area contributed by atoms with E-state index in [-0.39, 0.29) is 0 Å². The molecule has 13 heavy (non-hydrogen) atoms. The molecular formula is C11H18O2. The van der Waals surface area contributed by atoms with Crippen molar-refractivity contribution in [3.8, 4) is 0 Å². The highest BCUT2D eigenvalue weighted by Crippen LogP contribution is 2.00. The normalized spacial score (nSPS) is 12.0. The Labute approximate surface area is 80.5 Å². The zero-order valence-electron chi connectivity index (χ0n) is 8.45. The van der Waals surface area contributed by atoms with E-state index in [1.165, 1.54) is 0 Å². The van der Waals surface area contributed by atoms with Gasteiger partial charge in [-0.1, -0.05) is 25.7 Å². The lowest BCUT2D eigenvalue weighted by Gasteiger charge is -2.03. The highest BCUT2D eigenvalue weighted by atomic mass is 16.5. The van der Waals surface area contributed by atoms with Crippen molar-refractivity contribution < 1.29 is 9.47 Å². The van der Waals surface area contributed by atoms with Crippen LogP contribution in [0.5, 0.6) is 0 Å². The number of methoxy groups -OCH3 is 1. The number of ether oxygens (including phenoxy) is 2. The first-order valence-corrected chi connectivity index (χ1v) is 4.46. The quantitative estimate of drug-likeness (QED) is 0.445. The molecule has 0 saturated carbocycles. The van der Waals surface area contributed by atoms with E-state index in [0.717, 1.165) is 18.8 Å². The van der Waals surface area contributed by atoms with Crippen LogP contribution < -0.4 is 0 Å². The van der Waals surface area contributed by atoms with Crippen molar-refractivity contribution >= 4 is 0 Å². The third kappa shape index (κ3) is 7.34. The summed E-state index contributed by atoms with van der Waals surface area (Å²) in [5.74, 6) is 0.828.